The van der Waals surface area contributed by atoms with Crippen molar-refractivity contribution < 1.29 is 4.74 Å². The van der Waals surface area contributed by atoms with Crippen molar-refractivity contribution in [2.45, 2.75) is 46.5 Å². The molecule has 1 fully saturated rings. The van der Waals surface area contributed by atoms with Crippen LogP contribution in [0.5, 0.6) is 0 Å². The highest BCUT2D eigenvalue weighted by atomic mass is 127. The maximum atomic E-state index is 5.36. The summed E-state index contributed by atoms with van der Waals surface area (Å²) in [5.74, 6) is 0.954. The third kappa shape index (κ3) is 13.1. The quantitative estimate of drug-likeness (QED) is 0.182. The molecule has 0 saturated carbocycles. The second kappa shape index (κ2) is 18.3. The van der Waals surface area contributed by atoms with E-state index in [1.807, 2.05) is 6.92 Å². The van der Waals surface area contributed by atoms with Gasteiger partial charge in [0.2, 0.25) is 0 Å². The summed E-state index contributed by atoms with van der Waals surface area (Å²) in [5.41, 5.74) is 0. The van der Waals surface area contributed by atoms with Crippen LogP contribution in [0.4, 0.5) is 0 Å². The number of halogens is 1. The molecule has 0 amide bonds. The van der Waals surface area contributed by atoms with Crippen LogP contribution in [-0.2, 0) is 4.74 Å². The van der Waals surface area contributed by atoms with Crippen LogP contribution in [0.3, 0.4) is 0 Å². The summed E-state index contributed by atoms with van der Waals surface area (Å²) in [6, 6.07) is 0. The number of unbranched alkanes of at least 4 members (excludes halogenated alkanes) is 2. The first-order valence-corrected chi connectivity index (χ1v) is 10.3. The molecular weight excluding hydrogens is 441 g/mol. The van der Waals surface area contributed by atoms with Gasteiger partial charge in [0.05, 0.1) is 0 Å². The van der Waals surface area contributed by atoms with Crippen molar-refractivity contribution in [1.29, 1.82) is 0 Å². The van der Waals surface area contributed by atoms with Crippen LogP contribution in [-0.4, -0.2) is 87.9 Å². The molecule has 1 aliphatic heterocycles. The summed E-state index contributed by atoms with van der Waals surface area (Å²) in [6.45, 7) is 18.2. The van der Waals surface area contributed by atoms with Crippen molar-refractivity contribution >= 4 is 29.9 Å². The molecule has 1 rings (SSSR count). The number of rotatable bonds is 13. The molecule has 0 aliphatic carbocycles. The van der Waals surface area contributed by atoms with Crippen LogP contribution in [0.25, 0.3) is 0 Å². The molecule has 156 valence electrons. The second-order valence-electron chi connectivity index (χ2n) is 6.57. The Morgan fingerprint density at radius 3 is 2.31 bits per heavy atom. The van der Waals surface area contributed by atoms with Crippen molar-refractivity contribution in [3.63, 3.8) is 0 Å². The zero-order chi connectivity index (χ0) is 18.2. The van der Waals surface area contributed by atoms with Gasteiger partial charge in [-0.2, -0.15) is 0 Å². The normalized spacial score (nSPS) is 16.3. The maximum Gasteiger partial charge on any atom is 0.191 e. The average molecular weight is 483 g/mol. The van der Waals surface area contributed by atoms with Gasteiger partial charge in [-0.1, -0.05) is 6.92 Å². The Morgan fingerprint density at radius 1 is 0.923 bits per heavy atom. The van der Waals surface area contributed by atoms with Gasteiger partial charge < -0.3 is 25.2 Å². The van der Waals surface area contributed by atoms with E-state index in [4.69, 9.17) is 9.73 Å². The number of nitrogens with zero attached hydrogens (tertiary/aromatic N) is 3. The molecule has 0 aromatic heterocycles. The molecule has 7 heteroatoms. The van der Waals surface area contributed by atoms with E-state index in [0.717, 1.165) is 58.1 Å². The van der Waals surface area contributed by atoms with Crippen LogP contribution < -0.4 is 10.6 Å². The lowest BCUT2D eigenvalue weighted by molar-refractivity contribution is 0.136. The molecule has 0 aromatic rings. The van der Waals surface area contributed by atoms with E-state index in [0.29, 0.717) is 0 Å². The minimum atomic E-state index is 0. The van der Waals surface area contributed by atoms with Gasteiger partial charge in [-0.05, 0) is 52.6 Å². The first-order valence-electron chi connectivity index (χ1n) is 10.3. The first kappa shape index (κ1) is 25.9. The number of likely N-dealkylation sites (N-methyl/N-ethyl adjacent to an activating group) is 1. The Bertz CT molecular complexity index is 336. The Hall–Kier alpha value is -0.120. The third-order valence-corrected chi connectivity index (χ3v) is 4.62. The molecule has 1 aliphatic rings. The summed E-state index contributed by atoms with van der Waals surface area (Å²) in [5, 5.41) is 6.74. The lowest BCUT2D eigenvalue weighted by Gasteiger charge is -2.33. The van der Waals surface area contributed by atoms with Crippen LogP contribution in [0, 0.1) is 0 Å². The molecule has 0 atom stereocenters. The lowest BCUT2D eigenvalue weighted by atomic mass is 10.2. The number of ether oxygens (including phenoxy) is 1. The van der Waals surface area contributed by atoms with E-state index in [-0.39, 0.29) is 24.0 Å². The Balaban J connectivity index is 0.00000625. The minimum absolute atomic E-state index is 0. The molecule has 0 aromatic carbocycles. The average Bonchev–Trinajstić information content (AvgIpc) is 2.64. The lowest BCUT2D eigenvalue weighted by Crippen LogP contribution is -2.46. The summed E-state index contributed by atoms with van der Waals surface area (Å²) in [4.78, 5) is 9.82. The number of hydrogen-bond acceptors (Lipinski definition) is 4. The van der Waals surface area contributed by atoms with Gasteiger partial charge in [0.1, 0.15) is 0 Å². The van der Waals surface area contributed by atoms with E-state index >= 15 is 0 Å². The van der Waals surface area contributed by atoms with E-state index in [2.05, 4.69) is 34.3 Å². The SMILES string of the molecule is CCNC(=NCCCCN1CCN(CC)CC1)NCCCCOCC.I. The number of guanidine groups is 1. The van der Waals surface area contributed by atoms with E-state index < -0.39 is 0 Å². The van der Waals surface area contributed by atoms with Gasteiger partial charge in [0.25, 0.3) is 0 Å². The van der Waals surface area contributed by atoms with Crippen molar-refractivity contribution in [3.8, 4) is 0 Å². The standard InChI is InChI=1S/C19H41N5O.HI/c1-4-20-19(22-12-8-10-18-25-6-3)21-11-7-9-13-24-16-14-23(5-2)15-17-24;/h4-18H2,1-3H3,(H2,20,21,22);1H. The maximum absolute atomic E-state index is 5.36. The van der Waals surface area contributed by atoms with Gasteiger partial charge >= 0.3 is 0 Å². The number of aliphatic imine (C=N–C) groups is 1. The van der Waals surface area contributed by atoms with Crippen molar-refractivity contribution in [2.24, 2.45) is 4.99 Å². The molecule has 26 heavy (non-hydrogen) atoms. The molecule has 0 radical (unpaired) electrons. The highest BCUT2D eigenvalue weighted by molar-refractivity contribution is 14.0. The largest absolute Gasteiger partial charge is 0.382 e. The Morgan fingerprint density at radius 2 is 1.65 bits per heavy atom. The highest BCUT2D eigenvalue weighted by Gasteiger charge is 2.14. The van der Waals surface area contributed by atoms with Crippen molar-refractivity contribution in [2.75, 3.05) is 72.1 Å². The van der Waals surface area contributed by atoms with E-state index in [1.165, 1.54) is 45.7 Å². The van der Waals surface area contributed by atoms with Gasteiger partial charge in [-0.25, -0.2) is 0 Å². The van der Waals surface area contributed by atoms with Gasteiger partial charge in [-0.15, -0.1) is 24.0 Å². The topological polar surface area (TPSA) is 52.1 Å². The Labute approximate surface area is 178 Å². The fourth-order valence-electron chi connectivity index (χ4n) is 2.99. The molecule has 0 unspecified atom stereocenters. The van der Waals surface area contributed by atoms with Crippen LogP contribution in [0.2, 0.25) is 0 Å². The van der Waals surface area contributed by atoms with E-state index in [1.54, 1.807) is 0 Å². The number of piperazine rings is 1. The predicted molar refractivity (Wildman–Crippen MR) is 123 cm³/mol. The fraction of sp³-hybridized carbons (Fsp3) is 0.947. The number of hydrogen-bond donors (Lipinski definition) is 2. The smallest absolute Gasteiger partial charge is 0.191 e. The summed E-state index contributed by atoms with van der Waals surface area (Å²) >= 11 is 0. The molecule has 1 saturated heterocycles. The monoisotopic (exact) mass is 483 g/mol. The highest BCUT2D eigenvalue weighted by Crippen LogP contribution is 2.03. The third-order valence-electron chi connectivity index (χ3n) is 4.62. The number of nitrogens with one attached hydrogen (secondary N) is 2. The zero-order valence-electron chi connectivity index (χ0n) is 17.3. The summed E-state index contributed by atoms with van der Waals surface area (Å²) in [7, 11) is 0. The fourth-order valence-corrected chi connectivity index (χ4v) is 2.99. The summed E-state index contributed by atoms with van der Waals surface area (Å²) < 4.78 is 5.36. The van der Waals surface area contributed by atoms with Crippen LogP contribution in [0.15, 0.2) is 4.99 Å². The molecule has 0 bridgehead atoms. The van der Waals surface area contributed by atoms with Gasteiger partial charge in [0.15, 0.2) is 5.96 Å². The van der Waals surface area contributed by atoms with Gasteiger partial charge in [-0.3, -0.25) is 4.99 Å². The minimum Gasteiger partial charge on any atom is -0.382 e. The second-order valence-corrected chi connectivity index (χ2v) is 6.57. The predicted octanol–water partition coefficient (Wildman–Crippen LogP) is 2.39. The van der Waals surface area contributed by atoms with Crippen LogP contribution >= 0.6 is 24.0 Å². The van der Waals surface area contributed by atoms with Gasteiger partial charge in [0, 0.05) is 59.0 Å². The van der Waals surface area contributed by atoms with E-state index in [9.17, 15) is 0 Å². The van der Waals surface area contributed by atoms with Crippen LogP contribution in [0.1, 0.15) is 46.5 Å². The zero-order valence-corrected chi connectivity index (χ0v) is 19.6. The molecule has 0 spiro atoms. The summed E-state index contributed by atoms with van der Waals surface area (Å²) in [6.07, 6.45) is 4.62. The van der Waals surface area contributed by atoms with Crippen molar-refractivity contribution in [1.82, 2.24) is 20.4 Å². The first-order chi connectivity index (χ1) is 12.3. The van der Waals surface area contributed by atoms with Crippen molar-refractivity contribution in [3.05, 3.63) is 0 Å². The molecule has 6 nitrogen and oxygen atoms in total. The molecule has 2 N–H and O–H groups in total. The Kier molecular flexibility index (Phi) is 18.2. The molecular formula is C19H42IN5O. The molecule has 1 heterocycles.